The molecule has 0 N–H and O–H groups in total. The predicted octanol–water partition coefficient (Wildman–Crippen LogP) is 14.7. The number of allylic oxidation sites excluding steroid dienone is 2. The maximum absolute atomic E-state index is 8.86. The average Bonchev–Trinajstić information content (AvgIpc) is 4.03. The topological polar surface area (TPSA) is 26.3 Å². The Morgan fingerprint density at radius 1 is 0.463 bits per heavy atom. The minimum absolute atomic E-state index is 0.231. The van der Waals surface area contributed by atoms with Gasteiger partial charge in [0.05, 0.1) is 0 Å². The summed E-state index contributed by atoms with van der Waals surface area (Å²) in [6, 6.07) is 51.8. The van der Waals surface area contributed by atoms with Gasteiger partial charge < -0.3 is 0 Å². The molecule has 0 bridgehead atoms. The van der Waals surface area contributed by atoms with Crippen LogP contribution >= 0.6 is 17.0 Å². The Bertz CT molecular complexity index is 2730. The van der Waals surface area contributed by atoms with Gasteiger partial charge in [0.1, 0.15) is 0 Å². The van der Waals surface area contributed by atoms with Gasteiger partial charge in [-0.3, -0.25) is 0 Å². The van der Waals surface area contributed by atoms with E-state index in [2.05, 4.69) is 159 Å². The number of hydrogen-bond acceptors (Lipinski definition) is 2. The molecule has 0 amide bonds. The van der Waals surface area contributed by atoms with E-state index < -0.39 is 20.4 Å². The monoisotopic (exact) mass is 832 g/mol. The second kappa shape index (κ2) is 12.8. The molecule has 0 radical (unpaired) electrons. The zero-order valence-electron chi connectivity index (χ0n) is 29.9. The number of fused-ring (bicyclic) bond motifs is 4. The first-order chi connectivity index (χ1) is 26.3. The third-order valence-corrected chi connectivity index (χ3v) is 58.2. The summed E-state index contributed by atoms with van der Waals surface area (Å²) in [5.41, 5.74) is 10.2. The number of benzene rings is 6. The molecule has 54 heavy (non-hydrogen) atoms. The Morgan fingerprint density at radius 3 is 1.30 bits per heavy atom. The summed E-state index contributed by atoms with van der Waals surface area (Å²) in [6.07, 6.45) is 8.18. The number of furan rings is 2. The molecule has 8 aromatic rings. The van der Waals surface area contributed by atoms with E-state index in [1.807, 2.05) is 12.1 Å². The third-order valence-electron chi connectivity index (χ3n) is 11.9. The molecule has 2 heterocycles. The van der Waals surface area contributed by atoms with E-state index in [0.29, 0.717) is 0 Å². The van der Waals surface area contributed by atoms with E-state index >= 15 is 0 Å². The van der Waals surface area contributed by atoms with Crippen molar-refractivity contribution in [3.8, 4) is 22.3 Å². The molecule has 6 aromatic carbocycles. The van der Waals surface area contributed by atoms with Gasteiger partial charge in [-0.05, 0) is 0 Å². The van der Waals surface area contributed by atoms with E-state index in [0.717, 1.165) is 22.7 Å². The zero-order valence-corrected chi connectivity index (χ0v) is 34.9. The van der Waals surface area contributed by atoms with Crippen molar-refractivity contribution >= 4 is 67.3 Å². The SMILES string of the molecule is C[Si](C)=[Zr]([Cl])([Cl])([CH]1C(c2ccco2)=Cc2c(-c3cccc4ccccc34)cccc21)[CH]1C(c2ccco2)=Cc2c(-c3cccc4ccccc34)cccc21. The second-order valence-corrected chi connectivity index (χ2v) is 53.6. The van der Waals surface area contributed by atoms with Crippen LogP contribution < -0.4 is 0 Å². The van der Waals surface area contributed by atoms with Crippen molar-refractivity contribution in [3.63, 3.8) is 0 Å². The van der Waals surface area contributed by atoms with Crippen LogP contribution in [0.2, 0.25) is 13.1 Å². The van der Waals surface area contributed by atoms with Gasteiger partial charge in [-0.15, -0.1) is 0 Å². The van der Waals surface area contributed by atoms with Gasteiger partial charge in [0.15, 0.2) is 0 Å². The van der Waals surface area contributed by atoms with Crippen molar-refractivity contribution in [3.05, 3.63) is 192 Å². The van der Waals surface area contributed by atoms with Crippen LogP contribution in [-0.2, 0) is 15.0 Å². The third kappa shape index (κ3) is 5.00. The van der Waals surface area contributed by atoms with Crippen LogP contribution in [-0.4, -0.2) is 5.43 Å². The zero-order chi connectivity index (χ0) is 36.6. The Kier molecular flexibility index (Phi) is 8.09. The molecule has 262 valence electrons. The van der Waals surface area contributed by atoms with Gasteiger partial charge in [0.2, 0.25) is 0 Å². The van der Waals surface area contributed by atoms with E-state index in [1.54, 1.807) is 12.5 Å². The van der Waals surface area contributed by atoms with Crippen molar-refractivity contribution in [2.45, 2.75) is 20.3 Å². The first kappa shape index (κ1) is 34.1. The van der Waals surface area contributed by atoms with Crippen LogP contribution in [0.4, 0.5) is 0 Å². The van der Waals surface area contributed by atoms with Crippen molar-refractivity contribution < 1.29 is 23.8 Å². The Morgan fingerprint density at radius 2 is 0.870 bits per heavy atom. The fourth-order valence-electron chi connectivity index (χ4n) is 9.39. The standard InChI is InChI=1S/2C23H15O.C2H6Si.2ClH.Zr/c2*1-2-9-19-16(6-1)7-3-10-20(19)21-11-4-8-17-14-18(15-22(17)21)23-12-5-13-24-23;1-3-2;;;/h2*1-15H;1-2H3;2*1H;/q;;;;;+2/p-2. The van der Waals surface area contributed by atoms with Crippen LogP contribution in [0.1, 0.15) is 41.0 Å². The molecule has 6 heteroatoms. The summed E-state index contributed by atoms with van der Waals surface area (Å²) < 4.78 is 12.1. The summed E-state index contributed by atoms with van der Waals surface area (Å²) >= 11 is -5.34. The number of halogens is 2. The van der Waals surface area contributed by atoms with Crippen LogP contribution in [0.5, 0.6) is 0 Å². The summed E-state index contributed by atoms with van der Waals surface area (Å²) in [5.74, 6) is 1.63. The molecule has 0 saturated carbocycles. The van der Waals surface area contributed by atoms with Gasteiger partial charge in [0, 0.05) is 0 Å². The van der Waals surface area contributed by atoms with Gasteiger partial charge in [-0.1, -0.05) is 0 Å². The van der Waals surface area contributed by atoms with E-state index in [1.165, 1.54) is 66.1 Å². The van der Waals surface area contributed by atoms with Gasteiger partial charge in [-0.2, -0.15) is 0 Å². The van der Waals surface area contributed by atoms with Gasteiger partial charge in [0.25, 0.3) is 0 Å². The molecule has 0 spiro atoms. The molecular formula is C48H36Cl2O2SiZr. The molecule has 0 fully saturated rings. The molecule has 0 saturated heterocycles. The molecule has 2 aromatic heterocycles. The molecule has 0 aliphatic heterocycles. The van der Waals surface area contributed by atoms with Gasteiger partial charge in [-0.25, -0.2) is 0 Å². The van der Waals surface area contributed by atoms with Crippen LogP contribution in [0.15, 0.2) is 167 Å². The summed E-state index contributed by atoms with van der Waals surface area (Å²) in [5, 5.41) is 4.86. The minimum atomic E-state index is -5.34. The molecule has 10 rings (SSSR count). The van der Waals surface area contributed by atoms with E-state index in [-0.39, 0.29) is 7.25 Å². The Labute approximate surface area is 323 Å². The molecule has 2 nitrogen and oxygen atoms in total. The van der Waals surface area contributed by atoms with Crippen molar-refractivity contribution in [1.82, 2.24) is 0 Å². The van der Waals surface area contributed by atoms with Crippen molar-refractivity contribution in [1.29, 1.82) is 0 Å². The molecule has 2 unspecified atom stereocenters. The Balaban J connectivity index is 1.26. The van der Waals surface area contributed by atoms with Crippen molar-refractivity contribution in [2.24, 2.45) is 0 Å². The normalized spacial score (nSPS) is 16.7. The molecule has 2 aliphatic rings. The van der Waals surface area contributed by atoms with E-state index in [4.69, 9.17) is 25.9 Å². The maximum atomic E-state index is 8.86. The summed E-state index contributed by atoms with van der Waals surface area (Å²) in [6.45, 7) is 4.68. The predicted molar refractivity (Wildman–Crippen MR) is 227 cm³/mol. The van der Waals surface area contributed by atoms with Crippen molar-refractivity contribution in [2.75, 3.05) is 0 Å². The van der Waals surface area contributed by atoms with Gasteiger partial charge >= 0.3 is 326 Å². The second-order valence-electron chi connectivity index (χ2n) is 14.8. The quantitative estimate of drug-likeness (QED) is 0.156. The fourth-order valence-corrected chi connectivity index (χ4v) is 37.1. The average molecular weight is 835 g/mol. The van der Waals surface area contributed by atoms with E-state index in [9.17, 15) is 0 Å². The molecule has 2 atom stereocenters. The first-order valence-electron chi connectivity index (χ1n) is 18.4. The molecule has 2 aliphatic carbocycles. The fraction of sp³-hybridized carbons (Fsp3) is 0.0833. The molecular weight excluding hydrogens is 799 g/mol. The van der Waals surface area contributed by atoms with Crippen LogP contribution in [0.3, 0.4) is 0 Å². The number of hydrogen-bond donors (Lipinski definition) is 0. The first-order valence-corrected chi connectivity index (χ1v) is 33.8. The number of rotatable bonds is 6. The summed E-state index contributed by atoms with van der Waals surface area (Å²) in [4.78, 5) is 0. The summed E-state index contributed by atoms with van der Waals surface area (Å²) in [7, 11) is 17.7. The van der Waals surface area contributed by atoms with Crippen LogP contribution in [0.25, 0.3) is 67.1 Å². The Hall–Kier alpha value is -4.44. The van der Waals surface area contributed by atoms with Crippen LogP contribution in [0, 0.1) is 0 Å².